The van der Waals surface area contributed by atoms with E-state index in [-0.39, 0.29) is 12.1 Å². The molecule has 0 spiro atoms. The fourth-order valence-electron chi connectivity index (χ4n) is 1.86. The number of nitrogens with two attached hydrogens (primary N) is 1. The molecule has 17 heavy (non-hydrogen) atoms. The van der Waals surface area contributed by atoms with Crippen LogP contribution in [0.3, 0.4) is 0 Å². The molecule has 98 valence electrons. The van der Waals surface area contributed by atoms with E-state index < -0.39 is 0 Å². The molecule has 0 aromatic carbocycles. The third-order valence-corrected chi connectivity index (χ3v) is 2.72. The van der Waals surface area contributed by atoms with E-state index in [0.717, 1.165) is 30.9 Å². The minimum Gasteiger partial charge on any atom is -0.493 e. The zero-order valence-corrected chi connectivity index (χ0v) is 11.1. The summed E-state index contributed by atoms with van der Waals surface area (Å²) in [5.74, 6) is 0.767. The maximum Gasteiger partial charge on any atom is 0.161 e. The summed E-state index contributed by atoms with van der Waals surface area (Å²) in [7, 11) is 3.34. The molecule has 1 aromatic rings. The SMILES string of the molecule is COCCCC(N)c1c(OC)cnn1C(C)C. The van der Waals surface area contributed by atoms with Gasteiger partial charge in [0.25, 0.3) is 0 Å². The number of hydrogen-bond acceptors (Lipinski definition) is 4. The summed E-state index contributed by atoms with van der Waals surface area (Å²) in [6.07, 6.45) is 3.53. The van der Waals surface area contributed by atoms with Gasteiger partial charge in [0.2, 0.25) is 0 Å². The lowest BCUT2D eigenvalue weighted by atomic mass is 10.1. The Morgan fingerprint density at radius 1 is 1.41 bits per heavy atom. The Kier molecular flexibility index (Phi) is 5.44. The second-order valence-electron chi connectivity index (χ2n) is 4.38. The van der Waals surface area contributed by atoms with Gasteiger partial charge in [-0.25, -0.2) is 0 Å². The third kappa shape index (κ3) is 3.44. The topological polar surface area (TPSA) is 62.3 Å². The quantitative estimate of drug-likeness (QED) is 0.741. The Morgan fingerprint density at radius 2 is 2.12 bits per heavy atom. The van der Waals surface area contributed by atoms with Crippen LogP contribution in [0.2, 0.25) is 0 Å². The maximum absolute atomic E-state index is 6.20. The van der Waals surface area contributed by atoms with Gasteiger partial charge in [-0.15, -0.1) is 0 Å². The van der Waals surface area contributed by atoms with Crippen LogP contribution in [0, 0.1) is 0 Å². The van der Waals surface area contributed by atoms with Crippen LogP contribution in [0.4, 0.5) is 0 Å². The van der Waals surface area contributed by atoms with E-state index in [0.29, 0.717) is 0 Å². The van der Waals surface area contributed by atoms with E-state index in [1.807, 2.05) is 4.68 Å². The molecule has 1 heterocycles. The Labute approximate surface area is 103 Å². The molecule has 1 rings (SSSR count). The smallest absolute Gasteiger partial charge is 0.161 e. The molecule has 0 aliphatic carbocycles. The molecule has 1 aromatic heterocycles. The van der Waals surface area contributed by atoms with Crippen molar-refractivity contribution in [1.82, 2.24) is 9.78 Å². The van der Waals surface area contributed by atoms with Crippen LogP contribution in [0.15, 0.2) is 6.20 Å². The van der Waals surface area contributed by atoms with Crippen molar-refractivity contribution >= 4 is 0 Å². The molecule has 0 bridgehead atoms. The zero-order valence-electron chi connectivity index (χ0n) is 11.1. The lowest BCUT2D eigenvalue weighted by Gasteiger charge is -2.17. The predicted molar refractivity (Wildman–Crippen MR) is 67.2 cm³/mol. The zero-order chi connectivity index (χ0) is 12.8. The second-order valence-corrected chi connectivity index (χ2v) is 4.38. The Balaban J connectivity index is 2.81. The van der Waals surface area contributed by atoms with Crippen molar-refractivity contribution in [1.29, 1.82) is 0 Å². The first-order chi connectivity index (χ1) is 8.11. The monoisotopic (exact) mass is 241 g/mol. The fourth-order valence-corrected chi connectivity index (χ4v) is 1.86. The van der Waals surface area contributed by atoms with E-state index >= 15 is 0 Å². The summed E-state index contributed by atoms with van der Waals surface area (Å²) in [5.41, 5.74) is 7.17. The number of aromatic nitrogens is 2. The maximum atomic E-state index is 6.20. The Bertz CT molecular complexity index is 336. The lowest BCUT2D eigenvalue weighted by molar-refractivity contribution is 0.190. The minimum absolute atomic E-state index is 0.0648. The van der Waals surface area contributed by atoms with E-state index in [9.17, 15) is 0 Å². The van der Waals surface area contributed by atoms with Crippen LogP contribution in [0.5, 0.6) is 5.75 Å². The van der Waals surface area contributed by atoms with Crippen molar-refractivity contribution in [3.05, 3.63) is 11.9 Å². The number of ether oxygens (including phenoxy) is 2. The van der Waals surface area contributed by atoms with Crippen molar-refractivity contribution in [2.75, 3.05) is 20.8 Å². The van der Waals surface area contributed by atoms with Crippen LogP contribution in [0.25, 0.3) is 0 Å². The number of rotatable bonds is 7. The van der Waals surface area contributed by atoms with Gasteiger partial charge in [-0.1, -0.05) is 0 Å². The first-order valence-electron chi connectivity index (χ1n) is 5.97. The molecular formula is C12H23N3O2. The third-order valence-electron chi connectivity index (χ3n) is 2.72. The second kappa shape index (κ2) is 6.61. The first-order valence-corrected chi connectivity index (χ1v) is 5.97. The molecule has 0 amide bonds. The molecule has 1 atom stereocenters. The van der Waals surface area contributed by atoms with Gasteiger partial charge in [-0.3, -0.25) is 4.68 Å². The molecule has 0 aliphatic heterocycles. The van der Waals surface area contributed by atoms with Gasteiger partial charge in [0.15, 0.2) is 5.75 Å². The summed E-state index contributed by atoms with van der Waals surface area (Å²) in [6.45, 7) is 4.89. The van der Waals surface area contributed by atoms with Crippen molar-refractivity contribution in [3.63, 3.8) is 0 Å². The van der Waals surface area contributed by atoms with E-state index in [1.54, 1.807) is 20.4 Å². The average molecular weight is 241 g/mol. The summed E-state index contributed by atoms with van der Waals surface area (Å²) in [4.78, 5) is 0. The molecule has 0 radical (unpaired) electrons. The van der Waals surface area contributed by atoms with Gasteiger partial charge in [-0.05, 0) is 26.7 Å². The highest BCUT2D eigenvalue weighted by molar-refractivity contribution is 5.28. The van der Waals surface area contributed by atoms with Gasteiger partial charge in [0, 0.05) is 19.8 Å². The highest BCUT2D eigenvalue weighted by Crippen LogP contribution is 2.28. The van der Waals surface area contributed by atoms with Crippen LogP contribution < -0.4 is 10.5 Å². The summed E-state index contributed by atoms with van der Waals surface area (Å²) in [6, 6.07) is 0.215. The predicted octanol–water partition coefficient (Wildman–Crippen LogP) is 1.90. The Morgan fingerprint density at radius 3 is 2.65 bits per heavy atom. The molecule has 5 heteroatoms. The van der Waals surface area contributed by atoms with Gasteiger partial charge >= 0.3 is 0 Å². The molecule has 0 saturated carbocycles. The molecule has 1 unspecified atom stereocenters. The first kappa shape index (κ1) is 14.0. The van der Waals surface area contributed by atoms with Crippen molar-refractivity contribution < 1.29 is 9.47 Å². The fraction of sp³-hybridized carbons (Fsp3) is 0.750. The minimum atomic E-state index is -0.0648. The van der Waals surface area contributed by atoms with Crippen LogP contribution in [0.1, 0.15) is 44.5 Å². The molecule has 0 saturated heterocycles. The van der Waals surface area contributed by atoms with Crippen molar-refractivity contribution in [2.45, 2.75) is 38.8 Å². The highest BCUT2D eigenvalue weighted by atomic mass is 16.5. The van der Waals surface area contributed by atoms with E-state index in [2.05, 4.69) is 18.9 Å². The largest absolute Gasteiger partial charge is 0.493 e. The number of nitrogens with zero attached hydrogens (tertiary/aromatic N) is 2. The molecular weight excluding hydrogens is 218 g/mol. The normalized spacial score (nSPS) is 13.1. The standard InChI is InChI=1S/C12H23N3O2/c1-9(2)15-12(11(17-4)8-14-15)10(13)6-5-7-16-3/h8-10H,5-7,13H2,1-4H3. The molecule has 5 nitrogen and oxygen atoms in total. The molecule has 0 fully saturated rings. The molecule has 0 aliphatic rings. The lowest BCUT2D eigenvalue weighted by Crippen LogP contribution is -2.19. The summed E-state index contributed by atoms with van der Waals surface area (Å²) >= 11 is 0. The van der Waals surface area contributed by atoms with Gasteiger partial charge in [-0.2, -0.15) is 5.10 Å². The van der Waals surface area contributed by atoms with Crippen molar-refractivity contribution in [3.8, 4) is 5.75 Å². The summed E-state index contributed by atoms with van der Waals surface area (Å²) < 4.78 is 12.3. The summed E-state index contributed by atoms with van der Waals surface area (Å²) in [5, 5.41) is 4.32. The van der Waals surface area contributed by atoms with Gasteiger partial charge in [0.1, 0.15) is 0 Å². The van der Waals surface area contributed by atoms with Crippen LogP contribution in [-0.4, -0.2) is 30.6 Å². The van der Waals surface area contributed by atoms with Crippen molar-refractivity contribution in [2.24, 2.45) is 5.73 Å². The number of hydrogen-bond donors (Lipinski definition) is 1. The molecule has 2 N–H and O–H groups in total. The average Bonchev–Trinajstić information content (AvgIpc) is 2.72. The van der Waals surface area contributed by atoms with E-state index in [1.165, 1.54) is 0 Å². The van der Waals surface area contributed by atoms with Crippen LogP contribution >= 0.6 is 0 Å². The Hall–Kier alpha value is -1.07. The van der Waals surface area contributed by atoms with Gasteiger partial charge < -0.3 is 15.2 Å². The highest BCUT2D eigenvalue weighted by Gasteiger charge is 2.19. The van der Waals surface area contributed by atoms with Crippen LogP contribution in [-0.2, 0) is 4.74 Å². The van der Waals surface area contributed by atoms with E-state index in [4.69, 9.17) is 15.2 Å². The van der Waals surface area contributed by atoms with Gasteiger partial charge in [0.05, 0.1) is 25.0 Å². The number of methoxy groups -OCH3 is 2.